The molecule has 0 amide bonds. The second-order valence-electron chi connectivity index (χ2n) is 8.08. The van der Waals surface area contributed by atoms with Crippen LogP contribution in [0.15, 0.2) is 79.5 Å². The summed E-state index contributed by atoms with van der Waals surface area (Å²) >= 11 is 0. The van der Waals surface area contributed by atoms with Crippen LogP contribution in [0.5, 0.6) is 0 Å². The molecule has 0 radical (unpaired) electrons. The number of halogens is 1. The van der Waals surface area contributed by atoms with Gasteiger partial charge in [-0.05, 0) is 55.2 Å². The Hall–Kier alpha value is -2.35. The Morgan fingerprint density at radius 1 is 1.03 bits per heavy atom. The maximum Gasteiger partial charge on any atom is 0.126 e. The van der Waals surface area contributed by atoms with Crippen LogP contribution in [0.25, 0.3) is 0 Å². The van der Waals surface area contributed by atoms with E-state index >= 15 is 0 Å². The van der Waals surface area contributed by atoms with E-state index in [1.54, 1.807) is 12.1 Å². The first-order valence-electron chi connectivity index (χ1n) is 10.8. The summed E-state index contributed by atoms with van der Waals surface area (Å²) in [5.41, 5.74) is 3.46. The van der Waals surface area contributed by atoms with Gasteiger partial charge in [0.05, 0.1) is 0 Å². The van der Waals surface area contributed by atoms with E-state index in [1.807, 2.05) is 19.1 Å². The van der Waals surface area contributed by atoms with Crippen molar-refractivity contribution in [2.24, 2.45) is 11.8 Å². The fourth-order valence-corrected chi connectivity index (χ4v) is 3.81. The number of rotatable bonds is 5. The molecule has 0 aromatic heterocycles. The van der Waals surface area contributed by atoms with Crippen molar-refractivity contribution in [2.75, 3.05) is 0 Å². The molecule has 2 aromatic carbocycles. The highest BCUT2D eigenvalue weighted by molar-refractivity contribution is 5.25. The van der Waals surface area contributed by atoms with Crippen LogP contribution in [0.3, 0.4) is 0 Å². The molecule has 2 unspecified atom stereocenters. The molecule has 2 heteroatoms. The van der Waals surface area contributed by atoms with E-state index in [-0.39, 0.29) is 5.82 Å². The van der Waals surface area contributed by atoms with Crippen LogP contribution in [0.1, 0.15) is 63.0 Å². The molecule has 4 rings (SSSR count). The highest BCUT2D eigenvalue weighted by Crippen LogP contribution is 2.40. The minimum Gasteiger partial charge on any atom is -0.385 e. The third kappa shape index (κ3) is 7.89. The average molecular weight is 394 g/mol. The van der Waals surface area contributed by atoms with E-state index in [0.717, 1.165) is 18.0 Å². The minimum atomic E-state index is -0.0370. The van der Waals surface area contributed by atoms with Gasteiger partial charge in [-0.25, -0.2) is 4.39 Å². The van der Waals surface area contributed by atoms with Gasteiger partial charge in [0, 0.05) is 18.2 Å². The molecule has 1 N–H and O–H groups in total. The summed E-state index contributed by atoms with van der Waals surface area (Å²) in [6.07, 6.45) is 8.11. The quantitative estimate of drug-likeness (QED) is 0.515. The van der Waals surface area contributed by atoms with Gasteiger partial charge in [-0.1, -0.05) is 81.0 Å². The number of allylic oxidation sites excluding steroid dienone is 2. The van der Waals surface area contributed by atoms with Gasteiger partial charge in [0.15, 0.2) is 0 Å². The Kier molecular flexibility index (Phi) is 9.70. The fraction of sp³-hybridized carbons (Fsp3) is 0.407. The number of hydrogen-bond acceptors (Lipinski definition) is 1. The SMILES string of the molecule is C=C(NCc1ccccc1)C1CCCC1C.C=CC.Fc1ccccc1C1CC1. The largest absolute Gasteiger partial charge is 0.385 e. The van der Waals surface area contributed by atoms with Gasteiger partial charge in [0.2, 0.25) is 0 Å². The Morgan fingerprint density at radius 2 is 1.66 bits per heavy atom. The van der Waals surface area contributed by atoms with Crippen LogP contribution in [-0.4, -0.2) is 0 Å². The Bertz CT molecular complexity index is 748. The lowest BCUT2D eigenvalue weighted by molar-refractivity contribution is 0.453. The fourth-order valence-electron chi connectivity index (χ4n) is 3.81. The van der Waals surface area contributed by atoms with E-state index in [2.05, 4.69) is 55.7 Å². The summed E-state index contributed by atoms with van der Waals surface area (Å²) in [6.45, 7) is 12.7. The van der Waals surface area contributed by atoms with Crippen LogP contribution in [0.4, 0.5) is 4.39 Å². The van der Waals surface area contributed by atoms with E-state index in [1.165, 1.54) is 49.4 Å². The van der Waals surface area contributed by atoms with Crippen molar-refractivity contribution < 1.29 is 4.39 Å². The van der Waals surface area contributed by atoms with Crippen LogP contribution in [0, 0.1) is 17.7 Å². The summed E-state index contributed by atoms with van der Waals surface area (Å²) < 4.78 is 12.9. The lowest BCUT2D eigenvalue weighted by Gasteiger charge is -2.20. The van der Waals surface area contributed by atoms with Crippen molar-refractivity contribution >= 4 is 0 Å². The van der Waals surface area contributed by atoms with E-state index in [9.17, 15) is 4.39 Å². The Morgan fingerprint density at radius 3 is 2.21 bits per heavy atom. The Labute approximate surface area is 176 Å². The average Bonchev–Trinajstić information content (AvgIpc) is 3.48. The number of benzene rings is 2. The molecule has 0 spiro atoms. The third-order valence-corrected chi connectivity index (χ3v) is 5.59. The number of hydrogen-bond donors (Lipinski definition) is 1. The molecular formula is C27H36FN. The van der Waals surface area contributed by atoms with E-state index < -0.39 is 0 Å². The normalized spacial score (nSPS) is 19.8. The summed E-state index contributed by atoms with van der Waals surface area (Å²) in [6, 6.07) is 17.6. The molecule has 0 heterocycles. The van der Waals surface area contributed by atoms with Crippen molar-refractivity contribution in [3.63, 3.8) is 0 Å². The smallest absolute Gasteiger partial charge is 0.126 e. The first-order valence-corrected chi connectivity index (χ1v) is 10.8. The molecule has 1 nitrogen and oxygen atoms in total. The summed E-state index contributed by atoms with van der Waals surface area (Å²) in [7, 11) is 0. The monoisotopic (exact) mass is 393 g/mol. The lowest BCUT2D eigenvalue weighted by Crippen LogP contribution is -2.20. The van der Waals surface area contributed by atoms with Gasteiger partial charge in [0.25, 0.3) is 0 Å². The molecule has 2 aromatic rings. The first kappa shape index (κ1) is 22.9. The van der Waals surface area contributed by atoms with Crippen molar-refractivity contribution in [1.29, 1.82) is 0 Å². The highest BCUT2D eigenvalue weighted by Gasteiger charge is 2.26. The molecule has 2 atom stereocenters. The summed E-state index contributed by atoms with van der Waals surface area (Å²) in [4.78, 5) is 0. The van der Waals surface area contributed by atoms with E-state index in [4.69, 9.17) is 0 Å². The zero-order valence-corrected chi connectivity index (χ0v) is 18.0. The highest BCUT2D eigenvalue weighted by atomic mass is 19.1. The van der Waals surface area contributed by atoms with Crippen molar-refractivity contribution in [1.82, 2.24) is 5.32 Å². The van der Waals surface area contributed by atoms with Crippen molar-refractivity contribution in [3.05, 3.63) is 96.5 Å². The molecule has 0 aliphatic heterocycles. The van der Waals surface area contributed by atoms with Crippen LogP contribution < -0.4 is 5.32 Å². The predicted molar refractivity (Wildman–Crippen MR) is 123 cm³/mol. The Balaban J connectivity index is 0.000000196. The first-order chi connectivity index (χ1) is 14.1. The topological polar surface area (TPSA) is 12.0 Å². The summed E-state index contributed by atoms with van der Waals surface area (Å²) in [5.74, 6) is 1.98. The number of nitrogens with one attached hydrogen (secondary N) is 1. The van der Waals surface area contributed by atoms with Crippen LogP contribution >= 0.6 is 0 Å². The standard InChI is InChI=1S/C15H21N.C9H9F.C3H6/c1-12-7-6-10-15(12)13(2)16-11-14-8-4-3-5-9-14;10-9-4-2-1-3-8(9)7-5-6-7;1-3-2/h3-5,8-9,12,15-16H,2,6-7,10-11H2,1H3;1-4,7H,5-6H2;3H,1H2,2H3. The maximum absolute atomic E-state index is 12.9. The molecule has 0 saturated heterocycles. The zero-order chi connectivity index (χ0) is 21.1. The summed E-state index contributed by atoms with van der Waals surface area (Å²) in [5, 5.41) is 3.48. The second-order valence-corrected chi connectivity index (χ2v) is 8.08. The molecule has 29 heavy (non-hydrogen) atoms. The molecule has 156 valence electrons. The van der Waals surface area contributed by atoms with Gasteiger partial charge in [-0.2, -0.15) is 0 Å². The second kappa shape index (κ2) is 12.3. The zero-order valence-electron chi connectivity index (χ0n) is 18.0. The van der Waals surface area contributed by atoms with E-state index in [0.29, 0.717) is 11.8 Å². The molecular weight excluding hydrogens is 357 g/mol. The minimum absolute atomic E-state index is 0.0370. The third-order valence-electron chi connectivity index (χ3n) is 5.59. The van der Waals surface area contributed by atoms with Gasteiger partial charge in [0.1, 0.15) is 5.82 Å². The van der Waals surface area contributed by atoms with Gasteiger partial charge in [-0.3, -0.25) is 0 Å². The molecule has 2 fully saturated rings. The molecule has 2 aliphatic rings. The van der Waals surface area contributed by atoms with Crippen LogP contribution in [0.2, 0.25) is 0 Å². The van der Waals surface area contributed by atoms with Crippen LogP contribution in [-0.2, 0) is 6.54 Å². The molecule has 2 saturated carbocycles. The predicted octanol–water partition coefficient (Wildman–Crippen LogP) is 7.62. The molecule has 2 aliphatic carbocycles. The van der Waals surface area contributed by atoms with Crippen molar-refractivity contribution in [2.45, 2.75) is 58.4 Å². The lowest BCUT2D eigenvalue weighted by atomic mass is 9.95. The van der Waals surface area contributed by atoms with Gasteiger partial charge >= 0.3 is 0 Å². The molecule has 0 bridgehead atoms. The maximum atomic E-state index is 12.9. The van der Waals surface area contributed by atoms with Gasteiger partial charge in [-0.15, -0.1) is 6.58 Å². The van der Waals surface area contributed by atoms with Crippen molar-refractivity contribution in [3.8, 4) is 0 Å². The van der Waals surface area contributed by atoms with Gasteiger partial charge < -0.3 is 5.32 Å².